The summed E-state index contributed by atoms with van der Waals surface area (Å²) in [6, 6.07) is 0.686. The van der Waals surface area contributed by atoms with Gasteiger partial charge in [-0.2, -0.15) is 0 Å². The van der Waals surface area contributed by atoms with Crippen molar-refractivity contribution in [3.05, 3.63) is 0 Å². The van der Waals surface area contributed by atoms with E-state index in [1.54, 1.807) is 0 Å². The number of nitrogens with zero attached hydrogens (tertiary/aromatic N) is 2. The molecule has 0 aromatic carbocycles. The van der Waals surface area contributed by atoms with Crippen LogP contribution in [0.1, 0.15) is 52.9 Å². The highest BCUT2D eigenvalue weighted by molar-refractivity contribution is 4.94. The number of rotatable bonds is 7. The van der Waals surface area contributed by atoms with Gasteiger partial charge in [-0.25, -0.2) is 0 Å². The lowest BCUT2D eigenvalue weighted by molar-refractivity contribution is 0.0842. The summed E-state index contributed by atoms with van der Waals surface area (Å²) >= 11 is 0. The van der Waals surface area contributed by atoms with Gasteiger partial charge in [0.1, 0.15) is 0 Å². The van der Waals surface area contributed by atoms with Gasteiger partial charge in [0.2, 0.25) is 0 Å². The van der Waals surface area contributed by atoms with E-state index in [1.165, 1.54) is 64.8 Å². The highest BCUT2D eigenvalue weighted by atomic mass is 15.2. The molecule has 124 valence electrons. The van der Waals surface area contributed by atoms with Gasteiger partial charge in [0.05, 0.1) is 0 Å². The molecular weight excluding hydrogens is 258 g/mol. The van der Waals surface area contributed by atoms with Crippen LogP contribution in [0.15, 0.2) is 0 Å². The fourth-order valence-electron chi connectivity index (χ4n) is 4.45. The summed E-state index contributed by atoms with van der Waals surface area (Å²) in [4.78, 5) is 5.21. The average Bonchev–Trinajstić information content (AvgIpc) is 2.93. The molecule has 0 aromatic heterocycles. The molecule has 0 amide bonds. The van der Waals surface area contributed by atoms with Crippen LogP contribution >= 0.6 is 0 Å². The van der Waals surface area contributed by atoms with E-state index < -0.39 is 0 Å². The van der Waals surface area contributed by atoms with Gasteiger partial charge in [0.25, 0.3) is 0 Å². The maximum atomic E-state index is 3.79. The molecule has 3 nitrogen and oxygen atoms in total. The molecule has 1 aliphatic carbocycles. The Balaban J connectivity index is 1.80. The third kappa shape index (κ3) is 4.94. The van der Waals surface area contributed by atoms with Crippen molar-refractivity contribution in [1.82, 2.24) is 15.1 Å². The van der Waals surface area contributed by atoms with Crippen LogP contribution in [-0.4, -0.2) is 62.2 Å². The number of likely N-dealkylation sites (tertiary alicyclic amines) is 1. The summed E-state index contributed by atoms with van der Waals surface area (Å²) in [7, 11) is 2.32. The molecule has 1 saturated heterocycles. The van der Waals surface area contributed by atoms with Crippen molar-refractivity contribution in [2.45, 2.75) is 58.9 Å². The zero-order valence-electron chi connectivity index (χ0n) is 14.8. The molecule has 1 saturated carbocycles. The molecule has 2 aliphatic rings. The summed E-state index contributed by atoms with van der Waals surface area (Å²) in [5.74, 6) is 0.817. The second kappa shape index (κ2) is 7.94. The smallest absolute Gasteiger partial charge is 0.0159 e. The average molecular weight is 296 g/mol. The molecule has 2 atom stereocenters. The van der Waals surface area contributed by atoms with Gasteiger partial charge in [-0.05, 0) is 63.7 Å². The first-order chi connectivity index (χ1) is 10.0. The lowest BCUT2D eigenvalue weighted by Gasteiger charge is -2.45. The van der Waals surface area contributed by atoms with Crippen molar-refractivity contribution < 1.29 is 0 Å². The van der Waals surface area contributed by atoms with E-state index in [0.717, 1.165) is 12.5 Å². The minimum Gasteiger partial charge on any atom is -0.313 e. The molecule has 1 aliphatic heterocycles. The van der Waals surface area contributed by atoms with Gasteiger partial charge < -0.3 is 15.1 Å². The first kappa shape index (κ1) is 17.2. The molecule has 2 rings (SSSR count). The second-order valence-electron chi connectivity index (χ2n) is 7.99. The van der Waals surface area contributed by atoms with Gasteiger partial charge in [0, 0.05) is 25.7 Å². The molecular formula is C18H37N3. The van der Waals surface area contributed by atoms with Gasteiger partial charge in [-0.15, -0.1) is 0 Å². The Morgan fingerprint density at radius 2 is 1.90 bits per heavy atom. The SMILES string of the molecule is CCNC1C(CN(C)CCN2CCCC2)CCCC1(C)C. The van der Waals surface area contributed by atoms with Crippen molar-refractivity contribution in [3.63, 3.8) is 0 Å². The molecule has 3 heteroatoms. The van der Waals surface area contributed by atoms with E-state index in [2.05, 4.69) is 42.9 Å². The number of likely N-dealkylation sites (N-methyl/N-ethyl adjacent to an activating group) is 1. The Bertz CT molecular complexity index is 297. The van der Waals surface area contributed by atoms with E-state index in [0.29, 0.717) is 11.5 Å². The second-order valence-corrected chi connectivity index (χ2v) is 7.99. The molecule has 0 spiro atoms. The maximum absolute atomic E-state index is 3.79. The van der Waals surface area contributed by atoms with E-state index in [9.17, 15) is 0 Å². The third-order valence-electron chi connectivity index (χ3n) is 5.68. The molecule has 21 heavy (non-hydrogen) atoms. The van der Waals surface area contributed by atoms with Crippen molar-refractivity contribution in [2.24, 2.45) is 11.3 Å². The Kier molecular flexibility index (Phi) is 6.51. The fraction of sp³-hybridized carbons (Fsp3) is 1.00. The lowest BCUT2D eigenvalue weighted by atomic mass is 9.67. The topological polar surface area (TPSA) is 18.5 Å². The third-order valence-corrected chi connectivity index (χ3v) is 5.68. The summed E-state index contributed by atoms with van der Waals surface area (Å²) in [5, 5.41) is 3.79. The van der Waals surface area contributed by atoms with E-state index in [-0.39, 0.29) is 0 Å². The van der Waals surface area contributed by atoms with E-state index >= 15 is 0 Å². The van der Waals surface area contributed by atoms with Crippen LogP contribution < -0.4 is 5.32 Å². The van der Waals surface area contributed by atoms with Crippen molar-refractivity contribution in [1.29, 1.82) is 0 Å². The first-order valence-corrected chi connectivity index (χ1v) is 9.17. The quantitative estimate of drug-likeness (QED) is 0.779. The van der Waals surface area contributed by atoms with Crippen LogP contribution in [0.25, 0.3) is 0 Å². The Morgan fingerprint density at radius 1 is 1.19 bits per heavy atom. The summed E-state index contributed by atoms with van der Waals surface area (Å²) in [5.41, 5.74) is 0.453. The van der Waals surface area contributed by atoms with E-state index in [4.69, 9.17) is 0 Å². The summed E-state index contributed by atoms with van der Waals surface area (Å²) in [6.07, 6.45) is 6.99. The highest BCUT2D eigenvalue weighted by Crippen LogP contribution is 2.39. The first-order valence-electron chi connectivity index (χ1n) is 9.17. The maximum Gasteiger partial charge on any atom is 0.0159 e. The fourth-order valence-corrected chi connectivity index (χ4v) is 4.45. The Morgan fingerprint density at radius 3 is 2.57 bits per heavy atom. The standard InChI is InChI=1S/C18H37N3/c1-5-19-17-16(9-8-10-18(17,2)3)15-20(4)13-14-21-11-6-7-12-21/h16-17,19H,5-15H2,1-4H3. The Labute approximate surface area is 132 Å². The molecule has 0 aromatic rings. The summed E-state index contributed by atoms with van der Waals surface area (Å²) < 4.78 is 0. The minimum absolute atomic E-state index is 0.453. The molecule has 2 unspecified atom stereocenters. The predicted molar refractivity (Wildman–Crippen MR) is 91.8 cm³/mol. The highest BCUT2D eigenvalue weighted by Gasteiger charge is 2.38. The van der Waals surface area contributed by atoms with Crippen molar-refractivity contribution >= 4 is 0 Å². The monoisotopic (exact) mass is 295 g/mol. The van der Waals surface area contributed by atoms with Crippen LogP contribution in [0.2, 0.25) is 0 Å². The van der Waals surface area contributed by atoms with Crippen molar-refractivity contribution in [3.8, 4) is 0 Å². The van der Waals surface area contributed by atoms with Crippen LogP contribution in [0, 0.1) is 11.3 Å². The number of nitrogens with one attached hydrogen (secondary N) is 1. The van der Waals surface area contributed by atoms with Crippen molar-refractivity contribution in [2.75, 3.05) is 46.3 Å². The molecule has 2 fully saturated rings. The predicted octanol–water partition coefficient (Wildman–Crippen LogP) is 2.82. The molecule has 0 bridgehead atoms. The number of hydrogen-bond acceptors (Lipinski definition) is 3. The zero-order chi connectivity index (χ0) is 15.3. The van der Waals surface area contributed by atoms with Gasteiger partial charge in [-0.3, -0.25) is 0 Å². The molecule has 0 radical (unpaired) electrons. The molecule has 1 N–H and O–H groups in total. The van der Waals surface area contributed by atoms with Gasteiger partial charge in [0.15, 0.2) is 0 Å². The van der Waals surface area contributed by atoms with Crippen LogP contribution in [0.3, 0.4) is 0 Å². The number of hydrogen-bond donors (Lipinski definition) is 1. The van der Waals surface area contributed by atoms with E-state index in [1.807, 2.05) is 0 Å². The Hall–Kier alpha value is -0.120. The van der Waals surface area contributed by atoms with Gasteiger partial charge in [-0.1, -0.05) is 27.2 Å². The van der Waals surface area contributed by atoms with Gasteiger partial charge >= 0.3 is 0 Å². The van der Waals surface area contributed by atoms with Crippen LogP contribution in [0.4, 0.5) is 0 Å². The normalized spacial score (nSPS) is 30.1. The van der Waals surface area contributed by atoms with Crippen LogP contribution in [-0.2, 0) is 0 Å². The largest absolute Gasteiger partial charge is 0.313 e. The lowest BCUT2D eigenvalue weighted by Crippen LogP contribution is -2.52. The summed E-state index contributed by atoms with van der Waals surface area (Å²) in [6.45, 7) is 14.7. The minimum atomic E-state index is 0.453. The zero-order valence-corrected chi connectivity index (χ0v) is 14.8. The van der Waals surface area contributed by atoms with Crippen LogP contribution in [0.5, 0.6) is 0 Å². The molecule has 1 heterocycles.